The summed E-state index contributed by atoms with van der Waals surface area (Å²) < 4.78 is 0. The zero-order chi connectivity index (χ0) is 20.3. The molecule has 0 rings (SSSR count). The predicted octanol–water partition coefficient (Wildman–Crippen LogP) is -0.982. The molecule has 2 amide bonds. The van der Waals surface area contributed by atoms with Gasteiger partial charge in [-0.1, -0.05) is 20.3 Å². The lowest BCUT2D eigenvalue weighted by Crippen LogP contribution is -2.55. The standard InChI is InChI=1S/C16H30N4O6/c1-3-9(2)13(18)15(24)19-10(6-4-5-7-17)14(23)20-11(16(25)26)8-12(21)22/h9-11,13H,3-8,17-18H2,1-2H3,(H,19,24)(H,20,23)(H,21,22)(H,25,26)/t9-,10-,11-,13-/m0/s1. The fourth-order valence-electron chi connectivity index (χ4n) is 2.19. The number of nitrogens with two attached hydrogens (primary N) is 2. The molecular formula is C16H30N4O6. The van der Waals surface area contributed by atoms with Gasteiger partial charge in [0.25, 0.3) is 0 Å². The molecule has 0 aromatic carbocycles. The molecule has 0 aromatic rings. The van der Waals surface area contributed by atoms with Crippen LogP contribution in [-0.2, 0) is 19.2 Å². The average Bonchev–Trinajstić information content (AvgIpc) is 2.58. The van der Waals surface area contributed by atoms with Gasteiger partial charge in [-0.15, -0.1) is 0 Å². The highest BCUT2D eigenvalue weighted by atomic mass is 16.4. The lowest BCUT2D eigenvalue weighted by atomic mass is 9.98. The van der Waals surface area contributed by atoms with Crippen LogP contribution in [-0.4, -0.2) is 58.6 Å². The van der Waals surface area contributed by atoms with E-state index in [1.807, 2.05) is 6.92 Å². The minimum atomic E-state index is -1.59. The summed E-state index contributed by atoms with van der Waals surface area (Å²) in [5.74, 6) is -4.21. The van der Waals surface area contributed by atoms with E-state index >= 15 is 0 Å². The third-order valence-corrected chi connectivity index (χ3v) is 4.13. The van der Waals surface area contributed by atoms with Crippen LogP contribution >= 0.6 is 0 Å². The molecule has 0 aliphatic heterocycles. The number of rotatable bonds is 13. The van der Waals surface area contributed by atoms with Crippen molar-refractivity contribution in [3.8, 4) is 0 Å². The van der Waals surface area contributed by atoms with Crippen LogP contribution in [0.5, 0.6) is 0 Å². The Morgan fingerprint density at radius 2 is 1.58 bits per heavy atom. The van der Waals surface area contributed by atoms with E-state index in [1.165, 1.54) is 0 Å². The van der Waals surface area contributed by atoms with Crippen molar-refractivity contribution in [1.29, 1.82) is 0 Å². The second-order valence-electron chi connectivity index (χ2n) is 6.25. The van der Waals surface area contributed by atoms with Crippen LogP contribution in [0.2, 0.25) is 0 Å². The van der Waals surface area contributed by atoms with E-state index in [2.05, 4.69) is 10.6 Å². The zero-order valence-corrected chi connectivity index (χ0v) is 15.2. The maximum Gasteiger partial charge on any atom is 0.326 e. The molecule has 0 heterocycles. The van der Waals surface area contributed by atoms with E-state index in [-0.39, 0.29) is 12.3 Å². The Bertz CT molecular complexity index is 499. The van der Waals surface area contributed by atoms with Gasteiger partial charge >= 0.3 is 11.9 Å². The first-order valence-electron chi connectivity index (χ1n) is 8.64. The average molecular weight is 374 g/mol. The summed E-state index contributed by atoms with van der Waals surface area (Å²) in [5.41, 5.74) is 11.3. The number of carbonyl (C=O) groups is 4. The van der Waals surface area contributed by atoms with Gasteiger partial charge < -0.3 is 32.3 Å². The van der Waals surface area contributed by atoms with Crippen LogP contribution < -0.4 is 22.1 Å². The quantitative estimate of drug-likeness (QED) is 0.222. The molecule has 8 N–H and O–H groups in total. The number of hydrogen-bond donors (Lipinski definition) is 6. The monoisotopic (exact) mass is 374 g/mol. The Balaban J connectivity index is 5.08. The Hall–Kier alpha value is -2.20. The van der Waals surface area contributed by atoms with E-state index in [0.717, 1.165) is 0 Å². The molecule has 26 heavy (non-hydrogen) atoms. The predicted molar refractivity (Wildman–Crippen MR) is 94.1 cm³/mol. The topological polar surface area (TPSA) is 185 Å². The molecule has 0 aromatic heterocycles. The summed E-state index contributed by atoms with van der Waals surface area (Å²) in [6, 6.07) is -3.41. The molecule has 0 bridgehead atoms. The molecule has 0 saturated heterocycles. The lowest BCUT2D eigenvalue weighted by Gasteiger charge is -2.24. The first kappa shape index (κ1) is 23.8. The number of amides is 2. The molecule has 10 nitrogen and oxygen atoms in total. The van der Waals surface area contributed by atoms with E-state index in [0.29, 0.717) is 25.8 Å². The molecule has 0 saturated carbocycles. The number of nitrogens with one attached hydrogen (secondary N) is 2. The van der Waals surface area contributed by atoms with Crippen molar-refractivity contribution in [2.45, 2.75) is 64.1 Å². The van der Waals surface area contributed by atoms with Crippen LogP contribution in [0.4, 0.5) is 0 Å². The molecule has 10 heteroatoms. The van der Waals surface area contributed by atoms with Gasteiger partial charge in [-0.05, 0) is 31.7 Å². The number of carboxylic acid groups (broad SMARTS) is 2. The van der Waals surface area contributed by atoms with Crippen molar-refractivity contribution < 1.29 is 29.4 Å². The van der Waals surface area contributed by atoms with Gasteiger partial charge in [0.1, 0.15) is 12.1 Å². The summed E-state index contributed by atoms with van der Waals surface area (Å²) in [6.07, 6.45) is 1.30. The van der Waals surface area contributed by atoms with Gasteiger partial charge in [0.15, 0.2) is 0 Å². The molecule has 0 aliphatic rings. The van der Waals surface area contributed by atoms with Crippen LogP contribution in [0.15, 0.2) is 0 Å². The molecule has 150 valence electrons. The fraction of sp³-hybridized carbons (Fsp3) is 0.750. The molecular weight excluding hydrogens is 344 g/mol. The first-order valence-corrected chi connectivity index (χ1v) is 8.64. The maximum atomic E-state index is 12.4. The zero-order valence-electron chi connectivity index (χ0n) is 15.2. The van der Waals surface area contributed by atoms with Crippen molar-refractivity contribution >= 4 is 23.8 Å². The van der Waals surface area contributed by atoms with Gasteiger partial charge in [0.2, 0.25) is 11.8 Å². The van der Waals surface area contributed by atoms with Crippen molar-refractivity contribution in [2.24, 2.45) is 17.4 Å². The number of unbranched alkanes of at least 4 members (excludes halogenated alkanes) is 1. The van der Waals surface area contributed by atoms with Crippen molar-refractivity contribution in [3.63, 3.8) is 0 Å². The van der Waals surface area contributed by atoms with E-state index in [1.54, 1.807) is 6.92 Å². The first-order chi connectivity index (χ1) is 12.1. The molecule has 0 radical (unpaired) electrons. The van der Waals surface area contributed by atoms with Crippen molar-refractivity contribution in [1.82, 2.24) is 10.6 Å². The Morgan fingerprint density at radius 3 is 2.04 bits per heavy atom. The summed E-state index contributed by atoms with van der Waals surface area (Å²) in [7, 11) is 0. The number of hydrogen-bond acceptors (Lipinski definition) is 6. The molecule has 4 atom stereocenters. The molecule has 0 aliphatic carbocycles. The summed E-state index contributed by atoms with van der Waals surface area (Å²) >= 11 is 0. The highest BCUT2D eigenvalue weighted by Crippen LogP contribution is 2.08. The van der Waals surface area contributed by atoms with Gasteiger partial charge in [0, 0.05) is 0 Å². The van der Waals surface area contributed by atoms with Crippen molar-refractivity contribution in [2.75, 3.05) is 6.54 Å². The minimum Gasteiger partial charge on any atom is -0.481 e. The fourth-order valence-corrected chi connectivity index (χ4v) is 2.19. The Labute approximate surface area is 152 Å². The summed E-state index contributed by atoms with van der Waals surface area (Å²) in [6.45, 7) is 4.10. The SMILES string of the molecule is CC[C@H](C)[C@H](N)C(=O)N[C@@H](CCCCN)C(=O)N[C@@H](CC(=O)O)C(=O)O. The van der Waals surface area contributed by atoms with Crippen LogP contribution in [0.1, 0.15) is 46.0 Å². The van der Waals surface area contributed by atoms with Crippen LogP contribution in [0.3, 0.4) is 0 Å². The molecule has 0 fully saturated rings. The number of carbonyl (C=O) groups excluding carboxylic acids is 2. The van der Waals surface area contributed by atoms with Crippen LogP contribution in [0, 0.1) is 5.92 Å². The third-order valence-electron chi connectivity index (χ3n) is 4.13. The van der Waals surface area contributed by atoms with E-state index in [4.69, 9.17) is 21.7 Å². The lowest BCUT2D eigenvalue weighted by molar-refractivity contribution is -0.147. The Morgan fingerprint density at radius 1 is 1.00 bits per heavy atom. The van der Waals surface area contributed by atoms with Gasteiger partial charge in [-0.2, -0.15) is 0 Å². The van der Waals surface area contributed by atoms with Crippen molar-refractivity contribution in [3.05, 3.63) is 0 Å². The normalized spacial score (nSPS) is 15.4. The van der Waals surface area contributed by atoms with Gasteiger partial charge in [0.05, 0.1) is 12.5 Å². The summed E-state index contributed by atoms with van der Waals surface area (Å²) in [5, 5.41) is 22.5. The third kappa shape index (κ3) is 8.77. The Kier molecular flexibility index (Phi) is 11.2. The second kappa shape index (κ2) is 12.2. The number of aliphatic carboxylic acids is 2. The summed E-state index contributed by atoms with van der Waals surface area (Å²) in [4.78, 5) is 46.5. The second-order valence-corrected chi connectivity index (χ2v) is 6.25. The number of carboxylic acids is 2. The van der Waals surface area contributed by atoms with E-state index < -0.39 is 48.3 Å². The van der Waals surface area contributed by atoms with Crippen LogP contribution in [0.25, 0.3) is 0 Å². The van der Waals surface area contributed by atoms with Gasteiger partial charge in [-0.25, -0.2) is 4.79 Å². The highest BCUT2D eigenvalue weighted by molar-refractivity contribution is 5.92. The van der Waals surface area contributed by atoms with Gasteiger partial charge in [-0.3, -0.25) is 14.4 Å². The molecule has 0 unspecified atom stereocenters. The maximum absolute atomic E-state index is 12.4. The smallest absolute Gasteiger partial charge is 0.326 e. The van der Waals surface area contributed by atoms with E-state index in [9.17, 15) is 19.2 Å². The minimum absolute atomic E-state index is 0.0958. The largest absolute Gasteiger partial charge is 0.481 e. The highest BCUT2D eigenvalue weighted by Gasteiger charge is 2.29. The molecule has 0 spiro atoms.